The van der Waals surface area contributed by atoms with Gasteiger partial charge in [0.05, 0.1) is 16.7 Å². The van der Waals surface area contributed by atoms with Crippen LogP contribution in [0.2, 0.25) is 0 Å². The van der Waals surface area contributed by atoms with Gasteiger partial charge < -0.3 is 4.74 Å². The Labute approximate surface area is 138 Å². The third kappa shape index (κ3) is 3.46. The standard InChI is InChI=1S/C15H11F3N4OS/c1-19-8-11-14(21-22-20-11)12-5-6-13(24-12)23-10-4-2-3-9(7-10)15(16,17)18/h2-8H,1H3,(H,20,21,22). The molecule has 9 heteroatoms. The van der Waals surface area contributed by atoms with Gasteiger partial charge in [-0.2, -0.15) is 28.6 Å². The molecule has 2 heterocycles. The Bertz CT molecular complexity index is 869. The van der Waals surface area contributed by atoms with Gasteiger partial charge in [0, 0.05) is 7.05 Å². The molecular weight excluding hydrogens is 341 g/mol. The van der Waals surface area contributed by atoms with E-state index >= 15 is 0 Å². The summed E-state index contributed by atoms with van der Waals surface area (Å²) in [4.78, 5) is 4.66. The molecule has 2 aromatic heterocycles. The fraction of sp³-hybridized carbons (Fsp3) is 0.133. The van der Waals surface area contributed by atoms with Crippen LogP contribution in [0.1, 0.15) is 11.3 Å². The average molecular weight is 352 g/mol. The normalized spacial score (nSPS) is 12.0. The summed E-state index contributed by atoms with van der Waals surface area (Å²) in [5.74, 6) is 0.119. The Hall–Kier alpha value is -2.68. The molecule has 0 fully saturated rings. The molecule has 0 bridgehead atoms. The van der Waals surface area contributed by atoms with E-state index in [9.17, 15) is 13.2 Å². The summed E-state index contributed by atoms with van der Waals surface area (Å²) in [5.41, 5.74) is 0.421. The van der Waals surface area contributed by atoms with Crippen LogP contribution in [0.25, 0.3) is 10.6 Å². The number of nitrogens with zero attached hydrogens (tertiary/aromatic N) is 3. The van der Waals surface area contributed by atoms with Crippen molar-refractivity contribution in [1.82, 2.24) is 15.4 Å². The maximum Gasteiger partial charge on any atom is 0.416 e. The number of rotatable bonds is 4. The Kier molecular flexibility index (Phi) is 4.34. The molecule has 0 spiro atoms. The fourth-order valence-corrected chi connectivity index (χ4v) is 2.86. The monoisotopic (exact) mass is 352 g/mol. The Balaban J connectivity index is 1.83. The Morgan fingerprint density at radius 2 is 2.04 bits per heavy atom. The van der Waals surface area contributed by atoms with Crippen LogP contribution in [0.15, 0.2) is 41.4 Å². The van der Waals surface area contributed by atoms with Crippen molar-refractivity contribution in [3.63, 3.8) is 0 Å². The number of benzene rings is 1. The molecule has 0 unspecified atom stereocenters. The molecule has 5 nitrogen and oxygen atoms in total. The van der Waals surface area contributed by atoms with Gasteiger partial charge in [0.1, 0.15) is 17.1 Å². The summed E-state index contributed by atoms with van der Waals surface area (Å²) in [6.07, 6.45) is -2.85. The van der Waals surface area contributed by atoms with Gasteiger partial charge in [-0.15, -0.1) is 0 Å². The lowest BCUT2D eigenvalue weighted by atomic mass is 10.2. The highest BCUT2D eigenvalue weighted by molar-refractivity contribution is 7.17. The summed E-state index contributed by atoms with van der Waals surface area (Å²) >= 11 is 1.25. The summed E-state index contributed by atoms with van der Waals surface area (Å²) in [6, 6.07) is 8.17. The van der Waals surface area contributed by atoms with Gasteiger partial charge in [-0.1, -0.05) is 17.4 Å². The van der Waals surface area contributed by atoms with Gasteiger partial charge in [0.15, 0.2) is 5.06 Å². The molecule has 24 heavy (non-hydrogen) atoms. The molecular formula is C15H11F3N4OS. The molecule has 0 aliphatic heterocycles. The lowest BCUT2D eigenvalue weighted by Gasteiger charge is -2.08. The molecule has 0 amide bonds. The van der Waals surface area contributed by atoms with E-state index in [-0.39, 0.29) is 5.75 Å². The van der Waals surface area contributed by atoms with E-state index < -0.39 is 11.7 Å². The van der Waals surface area contributed by atoms with Crippen LogP contribution in [0.4, 0.5) is 13.2 Å². The van der Waals surface area contributed by atoms with Crippen LogP contribution in [0.3, 0.4) is 0 Å². The summed E-state index contributed by atoms with van der Waals surface area (Å²) in [6.45, 7) is 0. The fourth-order valence-electron chi connectivity index (χ4n) is 1.99. The Morgan fingerprint density at radius 3 is 2.79 bits per heavy atom. The number of aliphatic imine (C=N–C) groups is 1. The number of halogens is 3. The lowest BCUT2D eigenvalue weighted by molar-refractivity contribution is -0.137. The largest absolute Gasteiger partial charge is 0.447 e. The van der Waals surface area contributed by atoms with Gasteiger partial charge >= 0.3 is 6.18 Å². The first-order chi connectivity index (χ1) is 11.5. The molecule has 1 N–H and O–H groups in total. The van der Waals surface area contributed by atoms with Crippen molar-refractivity contribution in [2.24, 2.45) is 4.99 Å². The zero-order valence-electron chi connectivity index (χ0n) is 12.3. The Morgan fingerprint density at radius 1 is 1.21 bits per heavy atom. The number of H-pyrrole nitrogens is 1. The number of alkyl halides is 3. The third-order valence-corrected chi connectivity index (χ3v) is 3.99. The maximum atomic E-state index is 12.7. The smallest absolute Gasteiger partial charge is 0.416 e. The summed E-state index contributed by atoms with van der Waals surface area (Å²) < 4.78 is 43.7. The van der Waals surface area contributed by atoms with E-state index in [0.29, 0.717) is 16.5 Å². The molecule has 3 aromatic rings. The highest BCUT2D eigenvalue weighted by Gasteiger charge is 2.30. The summed E-state index contributed by atoms with van der Waals surface area (Å²) in [5, 5.41) is 11.0. The lowest BCUT2D eigenvalue weighted by Crippen LogP contribution is -2.04. The van der Waals surface area contributed by atoms with Gasteiger partial charge in [0.2, 0.25) is 0 Å². The first-order valence-corrected chi connectivity index (χ1v) is 7.57. The predicted octanol–water partition coefficient (Wildman–Crippen LogP) is 4.39. The van der Waals surface area contributed by atoms with Crippen LogP contribution >= 0.6 is 11.3 Å². The maximum absolute atomic E-state index is 12.7. The molecule has 1 aromatic carbocycles. The van der Waals surface area contributed by atoms with Gasteiger partial charge in [-0.25, -0.2) is 0 Å². The number of ether oxygens (including phenoxy) is 1. The van der Waals surface area contributed by atoms with E-state index in [4.69, 9.17) is 4.74 Å². The van der Waals surface area contributed by atoms with Crippen LogP contribution < -0.4 is 4.74 Å². The molecule has 0 radical (unpaired) electrons. The van der Waals surface area contributed by atoms with E-state index in [1.165, 1.54) is 23.5 Å². The molecule has 0 aliphatic rings. The number of thiophene rings is 1. The van der Waals surface area contributed by atoms with Crippen molar-refractivity contribution in [2.75, 3.05) is 7.05 Å². The number of nitrogens with one attached hydrogen (secondary N) is 1. The van der Waals surface area contributed by atoms with Crippen LogP contribution in [-0.4, -0.2) is 28.7 Å². The van der Waals surface area contributed by atoms with E-state index in [1.807, 2.05) is 0 Å². The highest BCUT2D eigenvalue weighted by atomic mass is 32.1. The van der Waals surface area contributed by atoms with Gasteiger partial charge in [0.25, 0.3) is 0 Å². The average Bonchev–Trinajstić information content (AvgIpc) is 3.16. The van der Waals surface area contributed by atoms with E-state index in [2.05, 4.69) is 20.4 Å². The quantitative estimate of drug-likeness (QED) is 0.708. The van der Waals surface area contributed by atoms with Crippen LogP contribution in [-0.2, 0) is 6.18 Å². The minimum Gasteiger partial charge on any atom is -0.447 e. The highest BCUT2D eigenvalue weighted by Crippen LogP contribution is 2.37. The minimum atomic E-state index is -4.41. The van der Waals surface area contributed by atoms with Gasteiger partial charge in [-0.05, 0) is 30.3 Å². The van der Waals surface area contributed by atoms with Crippen molar-refractivity contribution >= 4 is 17.6 Å². The first kappa shape index (κ1) is 16.2. The van der Waals surface area contributed by atoms with Crippen LogP contribution in [0.5, 0.6) is 10.8 Å². The zero-order valence-corrected chi connectivity index (χ0v) is 13.1. The minimum absolute atomic E-state index is 0.119. The van der Waals surface area contributed by atoms with Crippen LogP contribution in [0, 0.1) is 0 Å². The molecule has 0 saturated heterocycles. The van der Waals surface area contributed by atoms with Crippen molar-refractivity contribution < 1.29 is 17.9 Å². The molecule has 3 rings (SSSR count). The van der Waals surface area contributed by atoms with Crippen molar-refractivity contribution in [3.05, 3.63) is 47.7 Å². The van der Waals surface area contributed by atoms with Crippen molar-refractivity contribution in [3.8, 4) is 21.4 Å². The van der Waals surface area contributed by atoms with E-state index in [0.717, 1.165) is 17.0 Å². The number of hydrogen-bond acceptors (Lipinski definition) is 5. The van der Waals surface area contributed by atoms with Crippen molar-refractivity contribution in [2.45, 2.75) is 6.18 Å². The van der Waals surface area contributed by atoms with Crippen molar-refractivity contribution in [1.29, 1.82) is 0 Å². The summed E-state index contributed by atoms with van der Waals surface area (Å²) in [7, 11) is 1.62. The number of aromatic nitrogens is 3. The second-order valence-corrected chi connectivity index (χ2v) is 5.74. The number of hydrogen-bond donors (Lipinski definition) is 1. The number of aromatic amines is 1. The molecule has 124 valence electrons. The topological polar surface area (TPSA) is 63.2 Å². The second kappa shape index (κ2) is 6.44. The second-order valence-electron chi connectivity index (χ2n) is 4.69. The first-order valence-electron chi connectivity index (χ1n) is 6.75. The zero-order chi connectivity index (χ0) is 17.2. The van der Waals surface area contributed by atoms with Gasteiger partial charge in [-0.3, -0.25) is 4.99 Å². The molecule has 0 saturated carbocycles. The third-order valence-electron chi connectivity index (χ3n) is 3.02. The SMILES string of the molecule is CN=Cc1n[nH]nc1-c1ccc(Oc2cccc(C(F)(F)F)c2)s1. The molecule has 0 aliphatic carbocycles. The van der Waals surface area contributed by atoms with E-state index in [1.54, 1.807) is 25.4 Å². The molecule has 0 atom stereocenters. The predicted molar refractivity (Wildman–Crippen MR) is 84.7 cm³/mol.